The van der Waals surface area contributed by atoms with Crippen LogP contribution in [0.5, 0.6) is 11.5 Å². The van der Waals surface area contributed by atoms with Gasteiger partial charge in [-0.15, -0.1) is 11.3 Å². The third-order valence-electron chi connectivity index (χ3n) is 3.83. The molecule has 9 heteroatoms. The third-order valence-corrected chi connectivity index (χ3v) is 4.77. The van der Waals surface area contributed by atoms with E-state index in [4.69, 9.17) is 14.2 Å². The van der Waals surface area contributed by atoms with Gasteiger partial charge in [0.05, 0.1) is 30.4 Å². The summed E-state index contributed by atoms with van der Waals surface area (Å²) in [4.78, 5) is 27.1. The van der Waals surface area contributed by atoms with Crippen LogP contribution < -0.4 is 9.47 Å². The van der Waals surface area contributed by atoms with Gasteiger partial charge in [-0.25, -0.2) is 9.78 Å². The smallest absolute Gasteiger partial charge is 0.338 e. The van der Waals surface area contributed by atoms with Crippen LogP contribution in [0, 0.1) is 10.1 Å². The second-order valence-corrected chi connectivity index (χ2v) is 6.45. The Bertz CT molecular complexity index is 1020. The molecule has 0 aliphatic rings. The summed E-state index contributed by atoms with van der Waals surface area (Å²) in [5.41, 5.74) is 1.24. The lowest BCUT2D eigenvalue weighted by Gasteiger charge is -2.05. The monoisotopic (exact) mass is 400 g/mol. The Balaban J connectivity index is 1.69. The first kappa shape index (κ1) is 19.3. The van der Waals surface area contributed by atoms with Gasteiger partial charge >= 0.3 is 11.7 Å². The predicted molar refractivity (Wildman–Crippen MR) is 103 cm³/mol. The van der Waals surface area contributed by atoms with E-state index in [0.717, 1.165) is 22.4 Å². The molecule has 0 aliphatic carbocycles. The Labute approximate surface area is 164 Å². The first-order valence-corrected chi connectivity index (χ1v) is 8.98. The number of esters is 1. The summed E-state index contributed by atoms with van der Waals surface area (Å²) in [7, 11) is 2.91. The second kappa shape index (κ2) is 8.49. The number of aromatic nitrogens is 1. The molecule has 0 radical (unpaired) electrons. The largest absolute Gasteiger partial charge is 0.497 e. The highest BCUT2D eigenvalue weighted by atomic mass is 32.1. The van der Waals surface area contributed by atoms with Crippen molar-refractivity contribution in [1.29, 1.82) is 0 Å². The Morgan fingerprint density at radius 3 is 2.71 bits per heavy atom. The van der Waals surface area contributed by atoms with Crippen LogP contribution in [0.4, 0.5) is 5.69 Å². The summed E-state index contributed by atoms with van der Waals surface area (Å²) in [6, 6.07) is 11.4. The number of rotatable bonds is 7. The highest BCUT2D eigenvalue weighted by Crippen LogP contribution is 2.29. The number of hydrogen-bond donors (Lipinski definition) is 0. The van der Waals surface area contributed by atoms with Crippen LogP contribution >= 0.6 is 11.3 Å². The highest BCUT2D eigenvalue weighted by Gasteiger charge is 2.19. The zero-order chi connectivity index (χ0) is 20.1. The SMILES string of the molecule is COc1cccc(-c2nc(COC(=O)c3ccc(OC)c([N+](=O)[O-])c3)cs2)c1. The lowest BCUT2D eigenvalue weighted by molar-refractivity contribution is -0.385. The molecule has 0 amide bonds. The van der Waals surface area contributed by atoms with Crippen LogP contribution in [0.25, 0.3) is 10.6 Å². The summed E-state index contributed by atoms with van der Waals surface area (Å²) in [6.45, 7) is -0.0425. The van der Waals surface area contributed by atoms with E-state index < -0.39 is 10.9 Å². The number of carbonyl (C=O) groups is 1. The average Bonchev–Trinajstić information content (AvgIpc) is 3.20. The molecule has 0 spiro atoms. The maximum Gasteiger partial charge on any atom is 0.338 e. The number of nitro groups is 1. The number of benzene rings is 2. The van der Waals surface area contributed by atoms with E-state index in [9.17, 15) is 14.9 Å². The average molecular weight is 400 g/mol. The molecule has 0 fully saturated rings. The van der Waals surface area contributed by atoms with E-state index in [-0.39, 0.29) is 23.6 Å². The van der Waals surface area contributed by atoms with Crippen molar-refractivity contribution in [3.05, 3.63) is 69.2 Å². The van der Waals surface area contributed by atoms with Crippen molar-refractivity contribution in [3.8, 4) is 22.1 Å². The van der Waals surface area contributed by atoms with Crippen molar-refractivity contribution in [2.24, 2.45) is 0 Å². The van der Waals surface area contributed by atoms with Gasteiger partial charge in [0.1, 0.15) is 17.4 Å². The number of thiazole rings is 1. The summed E-state index contributed by atoms with van der Waals surface area (Å²) in [5, 5.41) is 13.6. The topological polar surface area (TPSA) is 101 Å². The number of ether oxygens (including phenoxy) is 3. The van der Waals surface area contributed by atoms with E-state index in [1.807, 2.05) is 24.3 Å². The Hall–Kier alpha value is -3.46. The van der Waals surface area contributed by atoms with E-state index in [2.05, 4.69) is 4.98 Å². The number of carbonyl (C=O) groups excluding carboxylic acids is 1. The maximum absolute atomic E-state index is 12.2. The molecule has 8 nitrogen and oxygen atoms in total. The van der Waals surface area contributed by atoms with Crippen LogP contribution in [0.3, 0.4) is 0 Å². The molecule has 2 aromatic carbocycles. The fourth-order valence-electron chi connectivity index (χ4n) is 2.44. The normalized spacial score (nSPS) is 10.4. The lowest BCUT2D eigenvalue weighted by atomic mass is 10.2. The molecule has 0 saturated heterocycles. The second-order valence-electron chi connectivity index (χ2n) is 5.60. The molecular formula is C19H16N2O6S. The van der Waals surface area contributed by atoms with Gasteiger partial charge in [0.2, 0.25) is 0 Å². The van der Waals surface area contributed by atoms with Crippen molar-refractivity contribution in [2.45, 2.75) is 6.61 Å². The molecule has 1 heterocycles. The number of nitrogens with zero attached hydrogens (tertiary/aromatic N) is 2. The van der Waals surface area contributed by atoms with Crippen LogP contribution in [-0.2, 0) is 11.3 Å². The third kappa shape index (κ3) is 4.26. The first-order chi connectivity index (χ1) is 13.5. The minimum atomic E-state index is -0.679. The van der Waals surface area contributed by atoms with Gasteiger partial charge in [0, 0.05) is 17.0 Å². The number of hydrogen-bond acceptors (Lipinski definition) is 8. The van der Waals surface area contributed by atoms with Crippen LogP contribution in [-0.4, -0.2) is 30.1 Å². The van der Waals surface area contributed by atoms with E-state index in [1.54, 1.807) is 12.5 Å². The minimum Gasteiger partial charge on any atom is -0.497 e. The van der Waals surface area contributed by atoms with Gasteiger partial charge in [0.25, 0.3) is 0 Å². The highest BCUT2D eigenvalue weighted by molar-refractivity contribution is 7.13. The van der Waals surface area contributed by atoms with E-state index >= 15 is 0 Å². The molecular weight excluding hydrogens is 384 g/mol. The maximum atomic E-state index is 12.2. The standard InChI is InChI=1S/C19H16N2O6S/c1-25-15-5-3-4-12(8-15)18-20-14(11-28-18)10-27-19(22)13-6-7-17(26-2)16(9-13)21(23)24/h3-9,11H,10H2,1-2H3. The molecule has 144 valence electrons. The van der Waals surface area contributed by atoms with Crippen molar-refractivity contribution in [2.75, 3.05) is 14.2 Å². The summed E-state index contributed by atoms with van der Waals surface area (Å²) < 4.78 is 15.4. The summed E-state index contributed by atoms with van der Waals surface area (Å²) >= 11 is 1.42. The number of methoxy groups -OCH3 is 2. The van der Waals surface area contributed by atoms with Crippen molar-refractivity contribution < 1.29 is 23.9 Å². The zero-order valence-corrected chi connectivity index (χ0v) is 15.9. The van der Waals surface area contributed by atoms with Gasteiger partial charge in [-0.05, 0) is 24.3 Å². The molecule has 0 aliphatic heterocycles. The van der Waals surface area contributed by atoms with Gasteiger partial charge in [-0.1, -0.05) is 12.1 Å². The zero-order valence-electron chi connectivity index (χ0n) is 15.1. The Morgan fingerprint density at radius 1 is 1.18 bits per heavy atom. The van der Waals surface area contributed by atoms with E-state index in [0.29, 0.717) is 5.69 Å². The fourth-order valence-corrected chi connectivity index (χ4v) is 3.25. The van der Waals surface area contributed by atoms with Gasteiger partial charge < -0.3 is 14.2 Å². The van der Waals surface area contributed by atoms with Gasteiger partial charge in [0.15, 0.2) is 5.75 Å². The van der Waals surface area contributed by atoms with Crippen LogP contribution in [0.2, 0.25) is 0 Å². The predicted octanol–water partition coefficient (Wildman–Crippen LogP) is 4.09. The molecule has 0 unspecified atom stereocenters. The molecule has 0 N–H and O–H groups in total. The molecule has 28 heavy (non-hydrogen) atoms. The Morgan fingerprint density at radius 2 is 2.00 bits per heavy atom. The van der Waals surface area contributed by atoms with Crippen molar-refractivity contribution >= 4 is 23.0 Å². The molecule has 3 rings (SSSR count). The lowest BCUT2D eigenvalue weighted by Crippen LogP contribution is -2.06. The van der Waals surface area contributed by atoms with Crippen molar-refractivity contribution in [3.63, 3.8) is 0 Å². The molecule has 0 saturated carbocycles. The fraction of sp³-hybridized carbons (Fsp3) is 0.158. The molecule has 0 atom stereocenters. The van der Waals surface area contributed by atoms with Crippen molar-refractivity contribution in [1.82, 2.24) is 4.98 Å². The molecule has 3 aromatic rings. The van der Waals surface area contributed by atoms with Gasteiger partial charge in [-0.3, -0.25) is 10.1 Å². The minimum absolute atomic E-state index is 0.0425. The quantitative estimate of drug-likeness (QED) is 0.334. The van der Waals surface area contributed by atoms with E-state index in [1.165, 1.54) is 30.6 Å². The van der Waals surface area contributed by atoms with Crippen LogP contribution in [0.1, 0.15) is 16.1 Å². The number of nitro benzene ring substituents is 1. The molecule has 0 bridgehead atoms. The first-order valence-electron chi connectivity index (χ1n) is 8.10. The Kier molecular flexibility index (Phi) is 5.85. The van der Waals surface area contributed by atoms with Crippen LogP contribution in [0.15, 0.2) is 47.8 Å². The van der Waals surface area contributed by atoms with Gasteiger partial charge in [-0.2, -0.15) is 0 Å². The summed E-state index contributed by atoms with van der Waals surface area (Å²) in [6.07, 6.45) is 0. The molecule has 1 aromatic heterocycles. The summed E-state index contributed by atoms with van der Waals surface area (Å²) in [5.74, 6) is 0.118.